The Balaban J connectivity index is 1.83. The molecular weight excluding hydrogens is 456 g/mol. The van der Waals surface area contributed by atoms with Crippen LogP contribution < -0.4 is 18.9 Å². The second-order valence-electron chi connectivity index (χ2n) is 9.64. The van der Waals surface area contributed by atoms with Crippen molar-refractivity contribution in [3.63, 3.8) is 0 Å². The normalized spacial score (nSPS) is 17.1. The van der Waals surface area contributed by atoms with Gasteiger partial charge in [-0.25, -0.2) is 4.98 Å². The molecule has 4 rings (SSSR count). The predicted octanol–water partition coefficient (Wildman–Crippen LogP) is 5.56. The molecule has 0 radical (unpaired) electrons. The molecular formula is C26H31F2N3O4. The van der Waals surface area contributed by atoms with Gasteiger partial charge in [0.15, 0.2) is 11.4 Å². The van der Waals surface area contributed by atoms with Gasteiger partial charge < -0.3 is 18.9 Å². The number of hydrogen-bond donors (Lipinski definition) is 0. The highest BCUT2D eigenvalue weighted by atomic mass is 19.3. The average Bonchev–Trinajstić information content (AvgIpc) is 3.20. The van der Waals surface area contributed by atoms with Gasteiger partial charge in [-0.3, -0.25) is 9.39 Å². The van der Waals surface area contributed by atoms with Crippen LogP contribution in [0.15, 0.2) is 35.5 Å². The first-order valence-corrected chi connectivity index (χ1v) is 11.4. The van der Waals surface area contributed by atoms with Gasteiger partial charge in [0.1, 0.15) is 22.9 Å². The Morgan fingerprint density at radius 1 is 1.03 bits per heavy atom. The summed E-state index contributed by atoms with van der Waals surface area (Å²) in [6.45, 7) is 4.00. The third kappa shape index (κ3) is 5.04. The zero-order valence-electron chi connectivity index (χ0n) is 20.9. The van der Waals surface area contributed by atoms with Crippen LogP contribution in [0, 0.1) is 11.3 Å². The van der Waals surface area contributed by atoms with E-state index in [4.69, 9.17) is 28.9 Å². The maximum Gasteiger partial charge on any atom is 0.387 e. The molecule has 0 N–H and O–H groups in total. The fourth-order valence-electron chi connectivity index (χ4n) is 4.41. The lowest BCUT2D eigenvalue weighted by atomic mass is 9.72. The topological polar surface area (TPSA) is 66.6 Å². The minimum Gasteiger partial charge on any atom is -0.497 e. The molecule has 3 aromatic rings. The van der Waals surface area contributed by atoms with Crippen molar-refractivity contribution in [2.45, 2.75) is 46.8 Å². The lowest BCUT2D eigenvalue weighted by molar-refractivity contribution is -0.0492. The standard InChI is InChI=1S/C26H31F2N3O4/c1-26(2,3)16-9-19(29-13-15-7-8-17(32-4)11-21(15)34-6)23-20(10-16)31-14-18(33-5)12-22(24(31)30-23)35-25(27)28/h7-8,11-12,14,16,25H,9-10,13H2,1-6H3. The number of alkyl halides is 2. The highest BCUT2D eigenvalue weighted by Crippen LogP contribution is 2.40. The van der Waals surface area contributed by atoms with Gasteiger partial charge in [0.2, 0.25) is 0 Å². The molecule has 1 aliphatic carbocycles. The molecule has 1 aromatic carbocycles. The van der Waals surface area contributed by atoms with E-state index in [-0.39, 0.29) is 17.1 Å². The minimum absolute atomic E-state index is 0.00157. The van der Waals surface area contributed by atoms with Gasteiger partial charge in [0.25, 0.3) is 0 Å². The molecule has 0 aliphatic heterocycles. The number of halogens is 2. The number of hydrogen-bond acceptors (Lipinski definition) is 6. The molecule has 9 heteroatoms. The summed E-state index contributed by atoms with van der Waals surface area (Å²) in [6, 6.07) is 7.05. The Bertz CT molecular complexity index is 1250. The van der Waals surface area contributed by atoms with Gasteiger partial charge in [-0.15, -0.1) is 0 Å². The number of methoxy groups -OCH3 is 3. The largest absolute Gasteiger partial charge is 0.497 e. The molecule has 0 bridgehead atoms. The molecule has 35 heavy (non-hydrogen) atoms. The van der Waals surface area contributed by atoms with E-state index in [0.29, 0.717) is 35.1 Å². The number of nitrogens with zero attached hydrogens (tertiary/aromatic N) is 3. The molecule has 1 unspecified atom stereocenters. The maximum absolute atomic E-state index is 13.2. The van der Waals surface area contributed by atoms with E-state index >= 15 is 0 Å². The van der Waals surface area contributed by atoms with Gasteiger partial charge in [-0.05, 0) is 36.3 Å². The highest BCUT2D eigenvalue weighted by molar-refractivity contribution is 6.02. The average molecular weight is 488 g/mol. The van der Waals surface area contributed by atoms with E-state index in [1.165, 1.54) is 13.2 Å². The minimum atomic E-state index is -2.97. The van der Waals surface area contributed by atoms with Crippen molar-refractivity contribution in [2.24, 2.45) is 16.3 Å². The third-order valence-electron chi connectivity index (χ3n) is 6.52. The van der Waals surface area contributed by atoms with Crippen LogP contribution in [0.4, 0.5) is 8.78 Å². The Hall–Kier alpha value is -3.36. The molecule has 1 aliphatic rings. The van der Waals surface area contributed by atoms with Crippen molar-refractivity contribution in [3.05, 3.63) is 47.4 Å². The van der Waals surface area contributed by atoms with Crippen LogP contribution in [0.5, 0.6) is 23.0 Å². The van der Waals surface area contributed by atoms with Crippen molar-refractivity contribution in [2.75, 3.05) is 21.3 Å². The first-order chi connectivity index (χ1) is 16.6. The van der Waals surface area contributed by atoms with E-state index in [1.54, 1.807) is 24.8 Å². The first-order valence-electron chi connectivity index (χ1n) is 11.4. The van der Waals surface area contributed by atoms with Gasteiger partial charge in [0.05, 0.1) is 45.5 Å². The Labute approximate surface area is 203 Å². The Kier molecular flexibility index (Phi) is 6.87. The molecule has 0 fully saturated rings. The molecule has 2 aromatic heterocycles. The predicted molar refractivity (Wildman–Crippen MR) is 129 cm³/mol. The molecule has 0 spiro atoms. The molecule has 188 valence electrons. The van der Waals surface area contributed by atoms with Crippen LogP contribution in [0.1, 0.15) is 44.1 Å². The van der Waals surface area contributed by atoms with Crippen molar-refractivity contribution < 1.29 is 27.7 Å². The number of aliphatic imine (C=N–C) groups is 1. The summed E-state index contributed by atoms with van der Waals surface area (Å²) in [5.74, 6) is 2.04. The number of imidazole rings is 1. The second kappa shape index (κ2) is 9.71. The molecule has 0 saturated heterocycles. The molecule has 7 nitrogen and oxygen atoms in total. The van der Waals surface area contributed by atoms with Gasteiger partial charge in [0, 0.05) is 17.7 Å². The quantitative estimate of drug-likeness (QED) is 0.437. The number of ether oxygens (including phenoxy) is 4. The summed E-state index contributed by atoms with van der Waals surface area (Å²) in [4.78, 5) is 9.68. The van der Waals surface area contributed by atoms with Crippen LogP contribution in [0.3, 0.4) is 0 Å². The van der Waals surface area contributed by atoms with Crippen LogP contribution in [-0.4, -0.2) is 43.0 Å². The fraction of sp³-hybridized carbons (Fsp3) is 0.462. The summed E-state index contributed by atoms with van der Waals surface area (Å²) >= 11 is 0. The summed E-state index contributed by atoms with van der Waals surface area (Å²) in [7, 11) is 4.71. The molecule has 0 amide bonds. The van der Waals surface area contributed by atoms with E-state index < -0.39 is 6.61 Å². The Morgan fingerprint density at radius 2 is 1.74 bits per heavy atom. The second-order valence-corrected chi connectivity index (χ2v) is 9.64. The highest BCUT2D eigenvalue weighted by Gasteiger charge is 2.35. The van der Waals surface area contributed by atoms with Crippen molar-refractivity contribution in [3.8, 4) is 23.0 Å². The Morgan fingerprint density at radius 3 is 2.37 bits per heavy atom. The van der Waals surface area contributed by atoms with Crippen molar-refractivity contribution in [1.82, 2.24) is 9.38 Å². The lowest BCUT2D eigenvalue weighted by Crippen LogP contribution is -2.31. The molecule has 1 atom stereocenters. The van der Waals surface area contributed by atoms with E-state index in [1.807, 2.05) is 18.2 Å². The van der Waals surface area contributed by atoms with E-state index in [0.717, 1.165) is 29.8 Å². The van der Waals surface area contributed by atoms with Crippen molar-refractivity contribution >= 4 is 11.4 Å². The number of benzene rings is 1. The van der Waals surface area contributed by atoms with E-state index in [2.05, 4.69) is 20.8 Å². The number of aromatic nitrogens is 2. The number of pyridine rings is 1. The summed E-state index contributed by atoms with van der Waals surface area (Å²) < 4.78 is 49.1. The van der Waals surface area contributed by atoms with Gasteiger partial charge in [-0.2, -0.15) is 8.78 Å². The zero-order valence-corrected chi connectivity index (χ0v) is 20.9. The third-order valence-corrected chi connectivity index (χ3v) is 6.52. The zero-order chi connectivity index (χ0) is 25.3. The van der Waals surface area contributed by atoms with Crippen LogP contribution >= 0.6 is 0 Å². The van der Waals surface area contributed by atoms with Gasteiger partial charge in [-0.1, -0.05) is 20.8 Å². The van der Waals surface area contributed by atoms with Gasteiger partial charge >= 0.3 is 6.61 Å². The fourth-order valence-corrected chi connectivity index (χ4v) is 4.41. The summed E-state index contributed by atoms with van der Waals surface area (Å²) in [6.07, 6.45) is 3.21. The lowest BCUT2D eigenvalue weighted by Gasteiger charge is -2.34. The number of fused-ring (bicyclic) bond motifs is 3. The number of rotatable bonds is 7. The molecule has 2 heterocycles. The summed E-state index contributed by atoms with van der Waals surface area (Å²) in [5.41, 5.74) is 3.67. The van der Waals surface area contributed by atoms with Crippen LogP contribution in [0.2, 0.25) is 0 Å². The smallest absolute Gasteiger partial charge is 0.387 e. The monoisotopic (exact) mass is 487 g/mol. The maximum atomic E-state index is 13.2. The van der Waals surface area contributed by atoms with Crippen LogP contribution in [0.25, 0.3) is 5.65 Å². The SMILES string of the molecule is COc1ccc(CN=C2CC(C(C)(C)C)Cc3c2nc2c(OC(F)F)cc(OC)cn32)c(OC)c1. The molecule has 0 saturated carbocycles. The first kappa shape index (κ1) is 24.8. The van der Waals surface area contributed by atoms with Crippen molar-refractivity contribution in [1.29, 1.82) is 0 Å². The van der Waals surface area contributed by atoms with E-state index in [9.17, 15) is 8.78 Å². The van der Waals surface area contributed by atoms with Crippen LogP contribution in [-0.2, 0) is 13.0 Å². The summed E-state index contributed by atoms with van der Waals surface area (Å²) in [5, 5.41) is 0.